The van der Waals surface area contributed by atoms with Crippen molar-refractivity contribution in [2.75, 3.05) is 10.6 Å². The number of nitrogens with two attached hydrogens (primary N) is 1. The molecule has 0 aliphatic rings. The summed E-state index contributed by atoms with van der Waals surface area (Å²) in [7, 11) is 0. The number of amides is 2. The monoisotopic (exact) mass is 370 g/mol. The van der Waals surface area contributed by atoms with Gasteiger partial charge in [0.25, 0.3) is 5.69 Å². The van der Waals surface area contributed by atoms with Crippen LogP contribution in [0.4, 0.5) is 17.1 Å². The minimum absolute atomic E-state index is 0.0622. The molecule has 0 fully saturated rings. The number of anilines is 2. The van der Waals surface area contributed by atoms with Crippen LogP contribution in [0.3, 0.4) is 0 Å². The predicted octanol–water partition coefficient (Wildman–Crippen LogP) is 3.29. The van der Waals surface area contributed by atoms with E-state index >= 15 is 0 Å². The van der Waals surface area contributed by atoms with E-state index in [1.807, 2.05) is 19.9 Å². The maximum atomic E-state index is 11.9. The molecular weight excluding hydrogens is 348 g/mol. The molecule has 0 atom stereocenters. The Labute approximate surface area is 156 Å². The summed E-state index contributed by atoms with van der Waals surface area (Å²) in [4.78, 5) is 33.7. The molecule has 0 bridgehead atoms. The van der Waals surface area contributed by atoms with Crippen molar-refractivity contribution in [3.8, 4) is 0 Å². The Balaban J connectivity index is 2.10. The van der Waals surface area contributed by atoms with Gasteiger partial charge in [0.05, 0.1) is 4.92 Å². The highest BCUT2D eigenvalue weighted by atomic mass is 16.6. The normalized spacial score (nSPS) is 10.5. The van der Waals surface area contributed by atoms with Gasteiger partial charge in [-0.15, -0.1) is 0 Å². The summed E-state index contributed by atoms with van der Waals surface area (Å²) in [6.45, 7) is 4.25. The first-order chi connectivity index (χ1) is 12.8. The molecule has 2 rings (SSSR count). The SMILES string of the molecule is CC(C)CC(=O)Nc1cccc(CNc2ccc(C(N)=O)cc2[N+](=O)[O-])c1. The van der Waals surface area contributed by atoms with Gasteiger partial charge in [0.15, 0.2) is 0 Å². The van der Waals surface area contributed by atoms with Crippen LogP contribution >= 0.6 is 0 Å². The lowest BCUT2D eigenvalue weighted by Crippen LogP contribution is -2.14. The van der Waals surface area contributed by atoms with Crippen LogP contribution in [0, 0.1) is 16.0 Å². The Morgan fingerprint density at radius 3 is 2.56 bits per heavy atom. The minimum Gasteiger partial charge on any atom is -0.375 e. The molecule has 0 saturated heterocycles. The number of nitro benzene ring substituents is 1. The van der Waals surface area contributed by atoms with Crippen LogP contribution in [0.15, 0.2) is 42.5 Å². The van der Waals surface area contributed by atoms with E-state index in [9.17, 15) is 19.7 Å². The molecule has 0 heterocycles. The summed E-state index contributed by atoms with van der Waals surface area (Å²) in [5.74, 6) is -0.527. The molecule has 2 aromatic rings. The van der Waals surface area contributed by atoms with E-state index in [0.717, 1.165) is 11.6 Å². The molecule has 2 amide bonds. The molecule has 8 nitrogen and oxygen atoms in total. The second-order valence-electron chi connectivity index (χ2n) is 6.55. The Kier molecular flexibility index (Phi) is 6.48. The predicted molar refractivity (Wildman–Crippen MR) is 103 cm³/mol. The van der Waals surface area contributed by atoms with Crippen LogP contribution in [0.25, 0.3) is 0 Å². The van der Waals surface area contributed by atoms with Crippen LogP contribution in [0.1, 0.15) is 36.2 Å². The minimum atomic E-state index is -0.727. The average Bonchev–Trinajstić information content (AvgIpc) is 2.59. The number of rotatable bonds is 8. The number of hydrogen-bond donors (Lipinski definition) is 3. The number of primary amides is 1. The number of carbonyl (C=O) groups is 2. The molecule has 0 aliphatic heterocycles. The van der Waals surface area contributed by atoms with Crippen molar-refractivity contribution in [1.29, 1.82) is 0 Å². The molecular formula is C19H22N4O4. The van der Waals surface area contributed by atoms with Crippen molar-refractivity contribution in [2.24, 2.45) is 11.7 Å². The van der Waals surface area contributed by atoms with E-state index < -0.39 is 10.8 Å². The van der Waals surface area contributed by atoms with Crippen LogP contribution in [-0.4, -0.2) is 16.7 Å². The number of benzene rings is 2. The lowest BCUT2D eigenvalue weighted by atomic mass is 10.1. The standard InChI is InChI=1S/C19H22N4O4/c1-12(2)8-18(24)22-15-5-3-4-13(9-15)11-21-16-7-6-14(19(20)25)10-17(16)23(26)27/h3-7,9-10,12,21H,8,11H2,1-2H3,(H2,20,25)(H,22,24). The van der Waals surface area contributed by atoms with Crippen molar-refractivity contribution >= 4 is 28.9 Å². The van der Waals surface area contributed by atoms with E-state index in [1.54, 1.807) is 18.2 Å². The van der Waals surface area contributed by atoms with E-state index in [0.29, 0.717) is 18.7 Å². The van der Waals surface area contributed by atoms with Gasteiger partial charge in [-0.05, 0) is 35.7 Å². The lowest BCUT2D eigenvalue weighted by Gasteiger charge is -2.11. The molecule has 0 aliphatic carbocycles. The fourth-order valence-electron chi connectivity index (χ4n) is 2.52. The van der Waals surface area contributed by atoms with E-state index in [4.69, 9.17) is 5.73 Å². The van der Waals surface area contributed by atoms with E-state index in [1.165, 1.54) is 12.1 Å². The highest BCUT2D eigenvalue weighted by molar-refractivity contribution is 5.94. The van der Waals surface area contributed by atoms with Gasteiger partial charge >= 0.3 is 0 Å². The van der Waals surface area contributed by atoms with Gasteiger partial charge in [0, 0.05) is 30.3 Å². The van der Waals surface area contributed by atoms with E-state index in [2.05, 4.69) is 10.6 Å². The summed E-state index contributed by atoms with van der Waals surface area (Å²) in [6.07, 6.45) is 0.431. The summed E-state index contributed by atoms with van der Waals surface area (Å²) >= 11 is 0. The zero-order valence-electron chi connectivity index (χ0n) is 15.2. The maximum absolute atomic E-state index is 11.9. The molecule has 4 N–H and O–H groups in total. The Morgan fingerprint density at radius 2 is 1.93 bits per heavy atom. The number of hydrogen-bond acceptors (Lipinski definition) is 5. The zero-order valence-corrected chi connectivity index (χ0v) is 15.2. The van der Waals surface area contributed by atoms with Crippen LogP contribution in [0.2, 0.25) is 0 Å². The third-order valence-electron chi connectivity index (χ3n) is 3.77. The molecule has 0 radical (unpaired) electrons. The Morgan fingerprint density at radius 1 is 1.19 bits per heavy atom. The fourth-order valence-corrected chi connectivity index (χ4v) is 2.52. The first-order valence-corrected chi connectivity index (χ1v) is 8.47. The van der Waals surface area contributed by atoms with Crippen LogP contribution in [0.5, 0.6) is 0 Å². The topological polar surface area (TPSA) is 127 Å². The highest BCUT2D eigenvalue weighted by Crippen LogP contribution is 2.26. The van der Waals surface area contributed by atoms with Gasteiger partial charge in [0.2, 0.25) is 11.8 Å². The van der Waals surface area contributed by atoms with Gasteiger partial charge in [-0.3, -0.25) is 19.7 Å². The molecule has 27 heavy (non-hydrogen) atoms. The molecule has 142 valence electrons. The van der Waals surface area contributed by atoms with Crippen molar-refractivity contribution in [3.63, 3.8) is 0 Å². The molecule has 0 spiro atoms. The lowest BCUT2D eigenvalue weighted by molar-refractivity contribution is -0.384. The first kappa shape index (κ1) is 19.9. The molecule has 0 aromatic heterocycles. The Bertz CT molecular complexity index is 865. The smallest absolute Gasteiger partial charge is 0.293 e. The van der Waals surface area contributed by atoms with Gasteiger partial charge in [-0.1, -0.05) is 26.0 Å². The van der Waals surface area contributed by atoms with Crippen LogP contribution in [-0.2, 0) is 11.3 Å². The average molecular weight is 370 g/mol. The van der Waals surface area contributed by atoms with Crippen LogP contribution < -0.4 is 16.4 Å². The van der Waals surface area contributed by atoms with Crippen molar-refractivity contribution in [2.45, 2.75) is 26.8 Å². The maximum Gasteiger partial charge on any atom is 0.293 e. The summed E-state index contributed by atoms with van der Waals surface area (Å²) in [6, 6.07) is 11.3. The first-order valence-electron chi connectivity index (χ1n) is 8.47. The molecule has 0 saturated carbocycles. The third kappa shape index (κ3) is 5.81. The quantitative estimate of drug-likeness (QED) is 0.485. The third-order valence-corrected chi connectivity index (χ3v) is 3.77. The van der Waals surface area contributed by atoms with Crippen molar-refractivity contribution in [3.05, 3.63) is 63.7 Å². The Hall–Kier alpha value is -3.42. The largest absolute Gasteiger partial charge is 0.375 e. The number of nitrogens with one attached hydrogen (secondary N) is 2. The number of nitro groups is 1. The second kappa shape index (κ2) is 8.79. The highest BCUT2D eigenvalue weighted by Gasteiger charge is 2.16. The number of nitrogens with zero attached hydrogens (tertiary/aromatic N) is 1. The summed E-state index contributed by atoms with van der Waals surface area (Å²) < 4.78 is 0. The molecule has 2 aromatic carbocycles. The second-order valence-corrected chi connectivity index (χ2v) is 6.55. The summed E-state index contributed by atoms with van der Waals surface area (Å²) in [5.41, 5.74) is 6.79. The fraction of sp³-hybridized carbons (Fsp3) is 0.263. The van der Waals surface area contributed by atoms with Gasteiger partial charge in [-0.25, -0.2) is 0 Å². The van der Waals surface area contributed by atoms with Gasteiger partial charge in [-0.2, -0.15) is 0 Å². The van der Waals surface area contributed by atoms with Crippen molar-refractivity contribution in [1.82, 2.24) is 0 Å². The molecule has 8 heteroatoms. The molecule has 0 unspecified atom stereocenters. The summed E-state index contributed by atoms with van der Waals surface area (Å²) in [5, 5.41) is 17.1. The van der Waals surface area contributed by atoms with Crippen molar-refractivity contribution < 1.29 is 14.5 Å². The van der Waals surface area contributed by atoms with Gasteiger partial charge in [0.1, 0.15) is 5.69 Å². The zero-order chi connectivity index (χ0) is 20.0. The van der Waals surface area contributed by atoms with Gasteiger partial charge < -0.3 is 16.4 Å². The van der Waals surface area contributed by atoms with E-state index in [-0.39, 0.29) is 28.8 Å². The number of carbonyl (C=O) groups excluding carboxylic acids is 2.